The third-order valence-corrected chi connectivity index (χ3v) is 2.15. The van der Waals surface area contributed by atoms with E-state index in [4.69, 9.17) is 15.2 Å². The number of hydrogen-bond acceptors (Lipinski definition) is 4. The Kier molecular flexibility index (Phi) is 5.13. The van der Waals surface area contributed by atoms with Crippen LogP contribution in [0.2, 0.25) is 0 Å². The fraction of sp³-hybridized carbons (Fsp3) is 0.417. The molecule has 0 aliphatic heterocycles. The molecule has 0 saturated carbocycles. The standard InChI is InChI=1S/C12H18N2O3/c1-3-14-12(15)6-7-17-10-5-4-9(13)8-11(10)16-2/h4-5,8H,3,6-7,13H2,1-2H3,(H,14,15). The maximum absolute atomic E-state index is 11.2. The second-order valence-electron chi connectivity index (χ2n) is 3.46. The van der Waals surface area contributed by atoms with Gasteiger partial charge in [0.05, 0.1) is 20.1 Å². The van der Waals surface area contributed by atoms with Crippen molar-refractivity contribution in [3.8, 4) is 11.5 Å². The minimum absolute atomic E-state index is 0.0260. The van der Waals surface area contributed by atoms with E-state index in [-0.39, 0.29) is 5.91 Å². The van der Waals surface area contributed by atoms with Crippen molar-refractivity contribution in [2.75, 3.05) is 26.0 Å². The number of carbonyl (C=O) groups is 1. The van der Waals surface area contributed by atoms with Gasteiger partial charge < -0.3 is 20.5 Å². The number of hydrogen-bond donors (Lipinski definition) is 2. The molecule has 3 N–H and O–H groups in total. The van der Waals surface area contributed by atoms with E-state index in [1.54, 1.807) is 25.3 Å². The van der Waals surface area contributed by atoms with Crippen LogP contribution in [0.15, 0.2) is 18.2 Å². The molecule has 0 aliphatic rings. The van der Waals surface area contributed by atoms with E-state index in [0.29, 0.717) is 36.8 Å². The Balaban J connectivity index is 2.49. The SMILES string of the molecule is CCNC(=O)CCOc1ccc(N)cc1OC. The molecule has 5 heteroatoms. The van der Waals surface area contributed by atoms with E-state index in [9.17, 15) is 4.79 Å². The lowest BCUT2D eigenvalue weighted by Gasteiger charge is -2.10. The van der Waals surface area contributed by atoms with Crippen molar-refractivity contribution < 1.29 is 14.3 Å². The van der Waals surface area contributed by atoms with Crippen LogP contribution in [0, 0.1) is 0 Å². The number of benzene rings is 1. The summed E-state index contributed by atoms with van der Waals surface area (Å²) in [7, 11) is 1.55. The molecule has 0 radical (unpaired) electrons. The predicted molar refractivity (Wildman–Crippen MR) is 66.2 cm³/mol. The molecule has 0 unspecified atom stereocenters. The predicted octanol–water partition coefficient (Wildman–Crippen LogP) is 1.18. The number of methoxy groups -OCH3 is 1. The quantitative estimate of drug-likeness (QED) is 0.730. The van der Waals surface area contributed by atoms with Crippen molar-refractivity contribution in [1.29, 1.82) is 0 Å². The summed E-state index contributed by atoms with van der Waals surface area (Å²) in [5, 5.41) is 2.70. The highest BCUT2D eigenvalue weighted by Gasteiger charge is 2.05. The Morgan fingerprint density at radius 1 is 1.41 bits per heavy atom. The lowest BCUT2D eigenvalue weighted by atomic mass is 10.3. The Morgan fingerprint density at radius 3 is 2.82 bits per heavy atom. The van der Waals surface area contributed by atoms with Gasteiger partial charge >= 0.3 is 0 Å². The molecule has 1 aromatic rings. The number of carbonyl (C=O) groups excluding carboxylic acids is 1. The van der Waals surface area contributed by atoms with Gasteiger partial charge in [-0.25, -0.2) is 0 Å². The normalized spacial score (nSPS) is 9.76. The second-order valence-corrected chi connectivity index (χ2v) is 3.46. The van der Waals surface area contributed by atoms with E-state index >= 15 is 0 Å². The van der Waals surface area contributed by atoms with Crippen molar-refractivity contribution in [3.05, 3.63) is 18.2 Å². The lowest BCUT2D eigenvalue weighted by Crippen LogP contribution is -2.24. The summed E-state index contributed by atoms with van der Waals surface area (Å²) < 4.78 is 10.6. The number of rotatable bonds is 6. The van der Waals surface area contributed by atoms with Crippen LogP contribution >= 0.6 is 0 Å². The molecular formula is C12H18N2O3. The van der Waals surface area contributed by atoms with Gasteiger partial charge in [-0.3, -0.25) is 4.79 Å². The summed E-state index contributed by atoms with van der Waals surface area (Å²) in [5.41, 5.74) is 6.23. The van der Waals surface area contributed by atoms with Gasteiger partial charge in [-0.05, 0) is 19.1 Å². The summed E-state index contributed by atoms with van der Waals surface area (Å²) in [6.45, 7) is 2.82. The molecule has 1 amide bonds. The van der Waals surface area contributed by atoms with Crippen molar-refractivity contribution >= 4 is 11.6 Å². The highest BCUT2D eigenvalue weighted by atomic mass is 16.5. The van der Waals surface area contributed by atoms with Crippen molar-refractivity contribution in [2.45, 2.75) is 13.3 Å². The summed E-state index contributed by atoms with van der Waals surface area (Å²) in [4.78, 5) is 11.2. The van der Waals surface area contributed by atoms with Gasteiger partial charge in [0.15, 0.2) is 11.5 Å². The average Bonchev–Trinajstić information content (AvgIpc) is 2.31. The zero-order valence-electron chi connectivity index (χ0n) is 10.2. The molecule has 94 valence electrons. The molecule has 0 aliphatic carbocycles. The Labute approximate surface area is 101 Å². The fourth-order valence-electron chi connectivity index (χ4n) is 1.34. The first kappa shape index (κ1) is 13.2. The number of anilines is 1. The van der Waals surface area contributed by atoms with Gasteiger partial charge in [-0.15, -0.1) is 0 Å². The third-order valence-electron chi connectivity index (χ3n) is 2.15. The zero-order valence-corrected chi connectivity index (χ0v) is 10.2. The third kappa shape index (κ3) is 4.22. The molecule has 0 fully saturated rings. The summed E-state index contributed by atoms with van der Waals surface area (Å²) >= 11 is 0. The summed E-state index contributed by atoms with van der Waals surface area (Å²) in [5.74, 6) is 1.13. The average molecular weight is 238 g/mol. The Bertz CT molecular complexity index is 380. The maximum atomic E-state index is 11.2. The van der Waals surface area contributed by atoms with Gasteiger partial charge in [0, 0.05) is 18.3 Å². The van der Waals surface area contributed by atoms with Crippen molar-refractivity contribution in [1.82, 2.24) is 5.32 Å². The van der Waals surface area contributed by atoms with Gasteiger partial charge in [0.25, 0.3) is 0 Å². The van der Waals surface area contributed by atoms with Crippen LogP contribution in [-0.4, -0.2) is 26.2 Å². The minimum Gasteiger partial charge on any atom is -0.493 e. The van der Waals surface area contributed by atoms with Gasteiger partial charge in [-0.2, -0.15) is 0 Å². The van der Waals surface area contributed by atoms with Crippen molar-refractivity contribution in [3.63, 3.8) is 0 Å². The first-order valence-electron chi connectivity index (χ1n) is 5.50. The fourth-order valence-corrected chi connectivity index (χ4v) is 1.34. The largest absolute Gasteiger partial charge is 0.493 e. The van der Waals surface area contributed by atoms with Crippen LogP contribution < -0.4 is 20.5 Å². The highest BCUT2D eigenvalue weighted by Crippen LogP contribution is 2.28. The smallest absolute Gasteiger partial charge is 0.223 e. The molecule has 0 aromatic heterocycles. The van der Waals surface area contributed by atoms with E-state index in [0.717, 1.165) is 0 Å². The molecule has 1 aromatic carbocycles. The molecule has 17 heavy (non-hydrogen) atoms. The molecule has 0 spiro atoms. The van der Waals surface area contributed by atoms with Crippen LogP contribution in [0.3, 0.4) is 0 Å². The lowest BCUT2D eigenvalue weighted by molar-refractivity contribution is -0.121. The maximum Gasteiger partial charge on any atom is 0.223 e. The van der Waals surface area contributed by atoms with Crippen LogP contribution in [0.1, 0.15) is 13.3 Å². The molecule has 5 nitrogen and oxygen atoms in total. The number of nitrogens with two attached hydrogens (primary N) is 1. The molecule has 1 rings (SSSR count). The van der Waals surface area contributed by atoms with E-state index in [1.807, 2.05) is 6.92 Å². The van der Waals surface area contributed by atoms with Crippen LogP contribution in [0.25, 0.3) is 0 Å². The molecule has 0 heterocycles. The monoisotopic (exact) mass is 238 g/mol. The molecule has 0 saturated heterocycles. The van der Waals surface area contributed by atoms with Crippen LogP contribution in [0.5, 0.6) is 11.5 Å². The summed E-state index contributed by atoms with van der Waals surface area (Å²) in [6.07, 6.45) is 0.321. The van der Waals surface area contributed by atoms with E-state index < -0.39 is 0 Å². The Morgan fingerprint density at radius 2 is 2.18 bits per heavy atom. The van der Waals surface area contributed by atoms with Crippen LogP contribution in [0.4, 0.5) is 5.69 Å². The molecule has 0 atom stereocenters. The van der Waals surface area contributed by atoms with Gasteiger partial charge in [0.2, 0.25) is 5.91 Å². The minimum atomic E-state index is -0.0260. The highest BCUT2D eigenvalue weighted by molar-refractivity contribution is 5.75. The van der Waals surface area contributed by atoms with Crippen LogP contribution in [-0.2, 0) is 4.79 Å². The first-order valence-corrected chi connectivity index (χ1v) is 5.50. The van der Waals surface area contributed by atoms with Gasteiger partial charge in [0.1, 0.15) is 0 Å². The Hall–Kier alpha value is -1.91. The second kappa shape index (κ2) is 6.62. The van der Waals surface area contributed by atoms with E-state index in [2.05, 4.69) is 5.32 Å². The zero-order chi connectivity index (χ0) is 12.7. The first-order chi connectivity index (χ1) is 8.17. The number of ether oxygens (including phenoxy) is 2. The summed E-state index contributed by atoms with van der Waals surface area (Å²) in [6, 6.07) is 5.14. The number of amides is 1. The number of nitrogens with one attached hydrogen (secondary N) is 1. The van der Waals surface area contributed by atoms with E-state index in [1.165, 1.54) is 0 Å². The van der Waals surface area contributed by atoms with Crippen molar-refractivity contribution in [2.24, 2.45) is 0 Å². The topological polar surface area (TPSA) is 73.6 Å². The molecule has 0 bridgehead atoms. The number of nitrogen functional groups attached to an aromatic ring is 1. The van der Waals surface area contributed by atoms with Gasteiger partial charge in [-0.1, -0.05) is 0 Å². The molecular weight excluding hydrogens is 220 g/mol.